The molecular formula is C15H33BrO. The number of alkyl halides is 1. The van der Waals surface area contributed by atoms with Crippen LogP contribution in [0.4, 0.5) is 0 Å². The quantitative estimate of drug-likeness (QED) is 0.406. The molecule has 1 N–H and O–H groups in total. The lowest BCUT2D eigenvalue weighted by atomic mass is 10.1. The SMILES string of the molecule is CC(C)O.CCCCCCCCCCCCBr. The Labute approximate surface area is 118 Å². The van der Waals surface area contributed by atoms with Crippen molar-refractivity contribution >= 4 is 15.9 Å². The molecule has 17 heavy (non-hydrogen) atoms. The van der Waals surface area contributed by atoms with Gasteiger partial charge >= 0.3 is 0 Å². The zero-order valence-electron chi connectivity index (χ0n) is 12.2. The van der Waals surface area contributed by atoms with E-state index in [9.17, 15) is 0 Å². The fourth-order valence-electron chi connectivity index (χ4n) is 1.58. The Bertz CT molecular complexity index is 103. The second-order valence-electron chi connectivity index (χ2n) is 4.96. The Balaban J connectivity index is 0. The van der Waals surface area contributed by atoms with Gasteiger partial charge in [-0.15, -0.1) is 0 Å². The molecular weight excluding hydrogens is 276 g/mol. The van der Waals surface area contributed by atoms with Crippen LogP contribution in [0.2, 0.25) is 0 Å². The molecule has 0 rings (SSSR count). The number of rotatable bonds is 10. The van der Waals surface area contributed by atoms with Gasteiger partial charge in [-0.25, -0.2) is 0 Å². The first-order valence-corrected chi connectivity index (χ1v) is 8.51. The van der Waals surface area contributed by atoms with E-state index in [1.807, 2.05) is 0 Å². The minimum absolute atomic E-state index is 0.167. The van der Waals surface area contributed by atoms with Crippen molar-refractivity contribution < 1.29 is 5.11 Å². The average Bonchev–Trinajstić information content (AvgIpc) is 2.26. The van der Waals surface area contributed by atoms with Crippen LogP contribution < -0.4 is 0 Å². The maximum atomic E-state index is 8.06. The van der Waals surface area contributed by atoms with Crippen LogP contribution in [0.25, 0.3) is 0 Å². The molecule has 0 atom stereocenters. The van der Waals surface area contributed by atoms with Crippen molar-refractivity contribution in [1.82, 2.24) is 0 Å². The van der Waals surface area contributed by atoms with E-state index in [1.54, 1.807) is 13.8 Å². The maximum Gasteiger partial charge on any atom is 0.0483 e. The zero-order valence-corrected chi connectivity index (χ0v) is 13.8. The molecule has 0 aliphatic heterocycles. The third-order valence-corrected chi connectivity index (χ3v) is 3.05. The van der Waals surface area contributed by atoms with E-state index in [-0.39, 0.29) is 6.10 Å². The van der Waals surface area contributed by atoms with Gasteiger partial charge in [0.1, 0.15) is 0 Å². The van der Waals surface area contributed by atoms with Crippen molar-refractivity contribution in [2.24, 2.45) is 0 Å². The number of hydrogen-bond acceptors (Lipinski definition) is 1. The Kier molecular flexibility index (Phi) is 21.9. The van der Waals surface area contributed by atoms with Crippen molar-refractivity contribution in [2.45, 2.75) is 91.1 Å². The van der Waals surface area contributed by atoms with Crippen LogP contribution in [0.3, 0.4) is 0 Å². The van der Waals surface area contributed by atoms with Gasteiger partial charge in [0.15, 0.2) is 0 Å². The van der Waals surface area contributed by atoms with Gasteiger partial charge in [-0.3, -0.25) is 0 Å². The molecule has 0 aliphatic rings. The van der Waals surface area contributed by atoms with Gasteiger partial charge < -0.3 is 5.11 Å². The van der Waals surface area contributed by atoms with E-state index in [1.165, 1.54) is 69.5 Å². The Morgan fingerprint density at radius 2 is 1.06 bits per heavy atom. The molecule has 0 bridgehead atoms. The van der Waals surface area contributed by atoms with E-state index in [4.69, 9.17) is 5.11 Å². The van der Waals surface area contributed by atoms with Crippen LogP contribution in [0.15, 0.2) is 0 Å². The highest BCUT2D eigenvalue weighted by molar-refractivity contribution is 9.09. The summed E-state index contributed by atoms with van der Waals surface area (Å²) >= 11 is 3.46. The summed E-state index contributed by atoms with van der Waals surface area (Å²) in [6.07, 6.45) is 14.2. The average molecular weight is 309 g/mol. The minimum atomic E-state index is -0.167. The number of hydrogen-bond donors (Lipinski definition) is 1. The molecule has 0 heterocycles. The normalized spacial score (nSPS) is 10.2. The van der Waals surface area contributed by atoms with Crippen LogP contribution in [0.1, 0.15) is 85.0 Å². The highest BCUT2D eigenvalue weighted by Gasteiger charge is 1.91. The Morgan fingerprint density at radius 3 is 1.35 bits per heavy atom. The fraction of sp³-hybridized carbons (Fsp3) is 1.00. The number of unbranched alkanes of at least 4 members (excludes halogenated alkanes) is 9. The van der Waals surface area contributed by atoms with Crippen LogP contribution >= 0.6 is 15.9 Å². The second-order valence-corrected chi connectivity index (χ2v) is 5.76. The summed E-state index contributed by atoms with van der Waals surface area (Å²) in [5.74, 6) is 0. The molecule has 0 fully saturated rings. The van der Waals surface area contributed by atoms with Gasteiger partial charge in [-0.1, -0.05) is 80.6 Å². The summed E-state index contributed by atoms with van der Waals surface area (Å²) in [7, 11) is 0. The predicted molar refractivity (Wildman–Crippen MR) is 83.0 cm³/mol. The fourth-order valence-corrected chi connectivity index (χ4v) is 1.98. The van der Waals surface area contributed by atoms with E-state index in [0.717, 1.165) is 0 Å². The topological polar surface area (TPSA) is 20.2 Å². The molecule has 0 amide bonds. The first-order valence-electron chi connectivity index (χ1n) is 7.39. The monoisotopic (exact) mass is 308 g/mol. The Hall–Kier alpha value is 0.440. The van der Waals surface area contributed by atoms with Gasteiger partial charge in [0, 0.05) is 11.4 Å². The molecule has 0 aromatic heterocycles. The molecule has 0 saturated carbocycles. The molecule has 0 saturated heterocycles. The van der Waals surface area contributed by atoms with Crippen LogP contribution in [-0.4, -0.2) is 16.5 Å². The molecule has 1 nitrogen and oxygen atoms in total. The van der Waals surface area contributed by atoms with Crippen LogP contribution in [0, 0.1) is 0 Å². The van der Waals surface area contributed by atoms with Crippen molar-refractivity contribution in [2.75, 3.05) is 5.33 Å². The lowest BCUT2D eigenvalue weighted by Crippen LogP contribution is -1.85. The lowest BCUT2D eigenvalue weighted by molar-refractivity contribution is 0.216. The standard InChI is InChI=1S/C12H25Br.C3H8O/c1-2-3-4-5-6-7-8-9-10-11-12-13;1-3(2)4/h2-12H2,1H3;3-4H,1-2H3. The summed E-state index contributed by atoms with van der Waals surface area (Å²) in [6, 6.07) is 0. The van der Waals surface area contributed by atoms with Gasteiger partial charge in [-0.05, 0) is 20.3 Å². The molecule has 0 unspecified atom stereocenters. The summed E-state index contributed by atoms with van der Waals surface area (Å²) in [5.41, 5.74) is 0. The van der Waals surface area contributed by atoms with E-state index in [0.29, 0.717) is 0 Å². The lowest BCUT2D eigenvalue weighted by Gasteiger charge is -2.00. The maximum absolute atomic E-state index is 8.06. The first-order chi connectivity index (χ1) is 8.15. The highest BCUT2D eigenvalue weighted by Crippen LogP contribution is 2.10. The summed E-state index contributed by atoms with van der Waals surface area (Å²) in [6.45, 7) is 5.72. The van der Waals surface area contributed by atoms with Gasteiger partial charge in [0.05, 0.1) is 0 Å². The van der Waals surface area contributed by atoms with Crippen molar-refractivity contribution in [3.8, 4) is 0 Å². The molecule has 2 heteroatoms. The number of aliphatic hydroxyl groups excluding tert-OH is 1. The minimum Gasteiger partial charge on any atom is -0.394 e. The van der Waals surface area contributed by atoms with Crippen molar-refractivity contribution in [3.05, 3.63) is 0 Å². The summed E-state index contributed by atoms with van der Waals surface area (Å²) < 4.78 is 0. The molecule has 106 valence electrons. The smallest absolute Gasteiger partial charge is 0.0483 e. The molecule has 0 aromatic rings. The second kappa shape index (κ2) is 18.8. The summed E-state index contributed by atoms with van der Waals surface area (Å²) in [4.78, 5) is 0. The van der Waals surface area contributed by atoms with Crippen LogP contribution in [-0.2, 0) is 0 Å². The van der Waals surface area contributed by atoms with Crippen molar-refractivity contribution in [1.29, 1.82) is 0 Å². The van der Waals surface area contributed by atoms with Crippen molar-refractivity contribution in [3.63, 3.8) is 0 Å². The molecule has 0 spiro atoms. The molecule has 0 aromatic carbocycles. The first kappa shape index (κ1) is 19.8. The third kappa shape index (κ3) is 31.5. The number of aliphatic hydroxyl groups is 1. The van der Waals surface area contributed by atoms with E-state index in [2.05, 4.69) is 22.9 Å². The number of halogens is 1. The van der Waals surface area contributed by atoms with E-state index < -0.39 is 0 Å². The predicted octanol–water partition coefficient (Wildman–Crippen LogP) is 5.69. The van der Waals surface area contributed by atoms with Gasteiger partial charge in [0.25, 0.3) is 0 Å². The zero-order chi connectivity index (χ0) is 13.4. The Morgan fingerprint density at radius 1 is 0.765 bits per heavy atom. The van der Waals surface area contributed by atoms with Gasteiger partial charge in [0.2, 0.25) is 0 Å². The van der Waals surface area contributed by atoms with Crippen LogP contribution in [0.5, 0.6) is 0 Å². The molecule has 0 aliphatic carbocycles. The molecule has 0 radical (unpaired) electrons. The van der Waals surface area contributed by atoms with Gasteiger partial charge in [-0.2, -0.15) is 0 Å². The highest BCUT2D eigenvalue weighted by atomic mass is 79.9. The van der Waals surface area contributed by atoms with E-state index >= 15 is 0 Å². The largest absolute Gasteiger partial charge is 0.394 e. The third-order valence-electron chi connectivity index (χ3n) is 2.49. The summed E-state index contributed by atoms with van der Waals surface area (Å²) in [5, 5.41) is 9.24.